The van der Waals surface area contributed by atoms with Gasteiger partial charge in [-0.2, -0.15) is 5.10 Å². The first-order valence-electron chi connectivity index (χ1n) is 20.1. The van der Waals surface area contributed by atoms with Crippen molar-refractivity contribution in [1.29, 1.82) is 0 Å². The average Bonchev–Trinajstić information content (AvgIpc) is 3.61. The highest BCUT2D eigenvalue weighted by molar-refractivity contribution is 6.20. The van der Waals surface area contributed by atoms with Crippen LogP contribution in [0, 0.1) is 5.92 Å². The lowest BCUT2D eigenvalue weighted by atomic mass is 9.78. The van der Waals surface area contributed by atoms with Crippen LogP contribution < -0.4 is 10.7 Å². The van der Waals surface area contributed by atoms with Gasteiger partial charge in [0.1, 0.15) is 0 Å². The molecule has 1 atom stereocenters. The first-order chi connectivity index (χ1) is 28.6. The number of nitrogens with zero attached hydrogens (tertiary/aromatic N) is 4. The fourth-order valence-electron chi connectivity index (χ4n) is 9.06. The number of hydrogen-bond acceptors (Lipinski definition) is 3. The normalized spacial score (nSPS) is 17.6. The Kier molecular flexibility index (Phi) is 8.91. The third kappa shape index (κ3) is 6.03. The van der Waals surface area contributed by atoms with Crippen LogP contribution >= 0.6 is 0 Å². The minimum atomic E-state index is 0.382. The fraction of sp³-hybridized carbons (Fsp3) is 0.0943. The van der Waals surface area contributed by atoms with Gasteiger partial charge >= 0.3 is 0 Å². The van der Waals surface area contributed by atoms with Crippen LogP contribution in [0.4, 0.5) is 5.69 Å². The zero-order valence-electron chi connectivity index (χ0n) is 32.5. The van der Waals surface area contributed by atoms with Crippen molar-refractivity contribution >= 4 is 44.5 Å². The Morgan fingerprint density at radius 3 is 2.16 bits per heavy atom. The highest BCUT2D eigenvalue weighted by atomic mass is 15.2. The Morgan fingerprint density at radius 1 is 0.690 bits per heavy atom. The van der Waals surface area contributed by atoms with Gasteiger partial charge in [0.15, 0.2) is 5.84 Å². The molecule has 0 saturated carbocycles. The number of para-hydroxylation sites is 2. The molecule has 280 valence electrons. The van der Waals surface area contributed by atoms with E-state index in [1.54, 1.807) is 0 Å². The van der Waals surface area contributed by atoms with E-state index in [1.807, 2.05) is 48.5 Å². The molecular weight excluding hydrogens is 707 g/mol. The van der Waals surface area contributed by atoms with Crippen LogP contribution in [0.5, 0.6) is 0 Å². The molecule has 0 fully saturated rings. The van der Waals surface area contributed by atoms with Gasteiger partial charge in [0.05, 0.1) is 11.2 Å². The summed E-state index contributed by atoms with van der Waals surface area (Å²) in [4.78, 5) is 7.51. The second kappa shape index (κ2) is 14.7. The Hall–Kier alpha value is -7.24. The third-order valence-corrected chi connectivity index (χ3v) is 11.9. The lowest BCUT2D eigenvalue weighted by Crippen LogP contribution is -2.24. The largest absolute Gasteiger partial charge is 0.321 e. The van der Waals surface area contributed by atoms with E-state index in [0.717, 1.165) is 63.7 Å². The number of aliphatic imine (C=N–C) groups is 1. The molecule has 0 amide bonds. The topological polar surface area (TPSA) is 58.9 Å². The zero-order chi connectivity index (χ0) is 39.2. The monoisotopic (exact) mass is 749 g/mol. The number of hydrogen-bond donors (Lipinski definition) is 1. The Morgan fingerprint density at radius 2 is 1.38 bits per heavy atom. The Bertz CT molecular complexity index is 2940. The molecule has 58 heavy (non-hydrogen) atoms. The lowest BCUT2D eigenvalue weighted by Gasteiger charge is -2.35. The Labute approximate surface area is 339 Å². The molecule has 5 nitrogen and oxygen atoms in total. The quantitative estimate of drug-likeness (QED) is 0.0824. The predicted molar refractivity (Wildman–Crippen MR) is 242 cm³/mol. The summed E-state index contributed by atoms with van der Waals surface area (Å²) in [6.07, 6.45) is 12.0. The van der Waals surface area contributed by atoms with Crippen LogP contribution in [0.2, 0.25) is 0 Å². The number of hydrazone groups is 1. The van der Waals surface area contributed by atoms with E-state index in [-0.39, 0.29) is 0 Å². The van der Waals surface area contributed by atoms with E-state index < -0.39 is 0 Å². The van der Waals surface area contributed by atoms with Crippen LogP contribution in [0.1, 0.15) is 47.7 Å². The summed E-state index contributed by atoms with van der Waals surface area (Å²) in [5, 5.41) is 7.63. The van der Waals surface area contributed by atoms with Gasteiger partial charge in [-0.05, 0) is 95.1 Å². The molecular formula is C53H43N5. The minimum Gasteiger partial charge on any atom is -0.321 e. The van der Waals surface area contributed by atoms with Gasteiger partial charge in [-0.3, -0.25) is 0 Å². The van der Waals surface area contributed by atoms with E-state index >= 15 is 0 Å². The maximum atomic E-state index is 5.94. The number of anilines is 1. The van der Waals surface area contributed by atoms with Crippen LogP contribution in [0.3, 0.4) is 0 Å². The molecule has 6 aromatic carbocycles. The van der Waals surface area contributed by atoms with Crippen molar-refractivity contribution in [2.75, 3.05) is 4.90 Å². The summed E-state index contributed by atoms with van der Waals surface area (Å²) in [7, 11) is 0. The van der Waals surface area contributed by atoms with Crippen molar-refractivity contribution in [3.8, 4) is 5.69 Å². The van der Waals surface area contributed by atoms with E-state index in [1.165, 1.54) is 50.3 Å². The van der Waals surface area contributed by atoms with Crippen molar-refractivity contribution in [3.05, 3.63) is 233 Å². The van der Waals surface area contributed by atoms with Crippen LogP contribution in [-0.4, -0.2) is 16.1 Å². The number of amidine groups is 1. The number of allylic oxidation sites excluding steroid dienone is 8. The molecule has 3 aliphatic rings. The van der Waals surface area contributed by atoms with Crippen LogP contribution in [0.15, 0.2) is 215 Å². The van der Waals surface area contributed by atoms with Gasteiger partial charge in [0.2, 0.25) is 0 Å². The molecule has 7 aromatic rings. The molecule has 0 spiro atoms. The molecule has 2 N–H and O–H groups in total. The number of fused-ring (bicyclic) bond motifs is 5. The molecule has 0 saturated heterocycles. The summed E-state index contributed by atoms with van der Waals surface area (Å²) in [6.45, 7) is 7.24. The molecule has 10 rings (SSSR count). The van der Waals surface area contributed by atoms with Gasteiger partial charge in [0.25, 0.3) is 0 Å². The highest BCUT2D eigenvalue weighted by Crippen LogP contribution is 2.49. The SMILES string of the molecule is C=C1C2=C(/C=C\N(c3ccc4cc(C(=N/C(=N\N)c5ccccc5)c5ccccc5)ccc4c3)C3=C1c1c(n(-c4ccccc4)c4ccccc14)CC3)C(C)CC=C2. The van der Waals surface area contributed by atoms with E-state index in [9.17, 15) is 0 Å². The van der Waals surface area contributed by atoms with Crippen molar-refractivity contribution in [1.82, 2.24) is 4.57 Å². The summed E-state index contributed by atoms with van der Waals surface area (Å²) >= 11 is 0. The smallest absolute Gasteiger partial charge is 0.179 e. The molecule has 1 unspecified atom stereocenters. The number of aromatic nitrogens is 1. The summed E-state index contributed by atoms with van der Waals surface area (Å²) < 4.78 is 2.47. The maximum Gasteiger partial charge on any atom is 0.179 e. The number of benzene rings is 6. The Balaban J connectivity index is 1.13. The number of nitrogens with two attached hydrogens (primary N) is 1. The second-order valence-corrected chi connectivity index (χ2v) is 15.3. The van der Waals surface area contributed by atoms with Gasteiger partial charge in [-0.15, -0.1) is 0 Å². The van der Waals surface area contributed by atoms with Gasteiger partial charge in [-0.1, -0.05) is 141 Å². The zero-order valence-corrected chi connectivity index (χ0v) is 32.5. The van der Waals surface area contributed by atoms with Gasteiger partial charge < -0.3 is 15.3 Å². The third-order valence-electron chi connectivity index (χ3n) is 11.9. The molecule has 0 bridgehead atoms. The van der Waals surface area contributed by atoms with Crippen molar-refractivity contribution in [2.45, 2.75) is 26.2 Å². The van der Waals surface area contributed by atoms with Crippen LogP contribution in [-0.2, 0) is 6.42 Å². The van der Waals surface area contributed by atoms with Gasteiger partial charge in [-0.25, -0.2) is 4.99 Å². The summed E-state index contributed by atoms with van der Waals surface area (Å²) in [5.74, 6) is 6.80. The number of rotatable bonds is 5. The van der Waals surface area contributed by atoms with Crippen LogP contribution in [0.25, 0.3) is 32.9 Å². The minimum absolute atomic E-state index is 0.382. The molecule has 5 heteroatoms. The van der Waals surface area contributed by atoms with Gasteiger partial charge in [0, 0.05) is 62.2 Å². The first-order valence-corrected chi connectivity index (χ1v) is 20.1. The molecule has 2 aliphatic carbocycles. The maximum absolute atomic E-state index is 5.94. The van der Waals surface area contributed by atoms with Crippen molar-refractivity contribution < 1.29 is 0 Å². The van der Waals surface area contributed by atoms with E-state index in [4.69, 9.17) is 17.4 Å². The van der Waals surface area contributed by atoms with Crippen molar-refractivity contribution in [2.24, 2.45) is 21.9 Å². The fourth-order valence-corrected chi connectivity index (χ4v) is 9.06. The predicted octanol–water partition coefficient (Wildman–Crippen LogP) is 12.1. The highest BCUT2D eigenvalue weighted by Gasteiger charge is 2.33. The molecule has 2 heterocycles. The standard InChI is InChI=1S/C53H43N5/c1-35-15-14-23-45-36(2)50-48(29-30-49-51(50)46-22-12-13-24-47(46)58(49)42-20-10-5-11-21-42)57(32-31-44(35)45)43-28-27-39-33-41(26-25-40(39)34-43)52(37-16-6-3-7-17-37)55-53(56-54)38-18-8-4-9-19-38/h3-14,16-28,31-35H,2,15,29-30,54H2,1H3/b32-31-,55-52?,56-53-. The molecule has 1 aliphatic heterocycles. The summed E-state index contributed by atoms with van der Waals surface area (Å²) in [5.41, 5.74) is 16.0. The lowest BCUT2D eigenvalue weighted by molar-refractivity contribution is 0.696. The van der Waals surface area contributed by atoms with E-state index in [0.29, 0.717) is 11.8 Å². The molecule has 1 aromatic heterocycles. The van der Waals surface area contributed by atoms with E-state index in [2.05, 4.69) is 149 Å². The summed E-state index contributed by atoms with van der Waals surface area (Å²) in [6, 6.07) is 53.2. The average molecular weight is 750 g/mol. The first kappa shape index (κ1) is 35.2. The molecule has 0 radical (unpaired) electrons. The van der Waals surface area contributed by atoms with Crippen molar-refractivity contribution in [3.63, 3.8) is 0 Å². The second-order valence-electron chi connectivity index (χ2n) is 15.3.